The lowest BCUT2D eigenvalue weighted by molar-refractivity contribution is 0.130. The van der Waals surface area contributed by atoms with E-state index in [1.165, 1.54) is 33.4 Å². The number of fused-ring (bicyclic) bond motifs is 3. The van der Waals surface area contributed by atoms with Crippen LogP contribution in [0, 0.1) is 19.8 Å². The largest absolute Gasteiger partial charge is 0.496 e. The molecule has 2 nitrogen and oxygen atoms in total. The lowest BCUT2D eigenvalue weighted by Gasteiger charge is -2.35. The molecule has 0 heterocycles. The SMILES string of the molecule is CC(C)C.COc1ccc(C2(c3ccc(OC(C)(C)C)c(C)c3)c3ccccc3-c3ccccc32)cc1C. The fourth-order valence-corrected chi connectivity index (χ4v) is 5.46. The van der Waals surface area contributed by atoms with Crippen LogP contribution < -0.4 is 9.47 Å². The van der Waals surface area contributed by atoms with Gasteiger partial charge in [-0.2, -0.15) is 0 Å². The average molecular weight is 507 g/mol. The third-order valence-corrected chi connectivity index (χ3v) is 6.80. The molecule has 0 spiro atoms. The molecule has 198 valence electrons. The molecular weight excluding hydrogens is 464 g/mol. The van der Waals surface area contributed by atoms with E-state index in [1.54, 1.807) is 7.11 Å². The predicted octanol–water partition coefficient (Wildman–Crippen LogP) is 9.51. The van der Waals surface area contributed by atoms with Gasteiger partial charge in [0.1, 0.15) is 17.1 Å². The second kappa shape index (κ2) is 10.7. The Morgan fingerprint density at radius 3 is 1.45 bits per heavy atom. The number of hydrogen-bond donors (Lipinski definition) is 0. The van der Waals surface area contributed by atoms with E-state index < -0.39 is 5.41 Å². The lowest BCUT2D eigenvalue weighted by Crippen LogP contribution is -2.29. The Hall–Kier alpha value is -3.52. The van der Waals surface area contributed by atoms with Crippen LogP contribution in [0.1, 0.15) is 74.9 Å². The van der Waals surface area contributed by atoms with Gasteiger partial charge in [0.2, 0.25) is 0 Å². The van der Waals surface area contributed by atoms with Crippen molar-refractivity contribution in [2.24, 2.45) is 5.92 Å². The number of rotatable bonds is 4. The first-order valence-electron chi connectivity index (χ1n) is 13.6. The van der Waals surface area contributed by atoms with Crippen LogP contribution in [0.4, 0.5) is 0 Å². The van der Waals surface area contributed by atoms with Gasteiger partial charge >= 0.3 is 0 Å². The average Bonchev–Trinajstić information content (AvgIpc) is 3.15. The molecule has 4 aromatic rings. The molecule has 4 aromatic carbocycles. The molecule has 0 aromatic heterocycles. The molecule has 5 rings (SSSR count). The molecule has 1 aliphatic carbocycles. The van der Waals surface area contributed by atoms with E-state index in [4.69, 9.17) is 9.47 Å². The maximum atomic E-state index is 6.26. The van der Waals surface area contributed by atoms with Crippen LogP contribution in [0.15, 0.2) is 84.9 Å². The number of aryl methyl sites for hydroxylation is 2. The molecule has 0 radical (unpaired) electrons. The minimum Gasteiger partial charge on any atom is -0.496 e. The summed E-state index contributed by atoms with van der Waals surface area (Å²) in [6.07, 6.45) is 0. The molecule has 0 amide bonds. The number of ether oxygens (including phenoxy) is 2. The van der Waals surface area contributed by atoms with Crippen molar-refractivity contribution in [3.8, 4) is 22.6 Å². The first-order valence-corrected chi connectivity index (χ1v) is 13.6. The molecule has 0 atom stereocenters. The summed E-state index contributed by atoms with van der Waals surface area (Å²) in [5.41, 5.74) is 9.29. The van der Waals surface area contributed by atoms with Crippen molar-refractivity contribution < 1.29 is 9.47 Å². The Kier molecular flexibility index (Phi) is 7.74. The predicted molar refractivity (Wildman–Crippen MR) is 161 cm³/mol. The highest BCUT2D eigenvalue weighted by Crippen LogP contribution is 2.56. The Morgan fingerprint density at radius 2 is 1.05 bits per heavy atom. The van der Waals surface area contributed by atoms with Crippen LogP contribution in [0.5, 0.6) is 11.5 Å². The highest BCUT2D eigenvalue weighted by molar-refractivity contribution is 5.86. The smallest absolute Gasteiger partial charge is 0.123 e. The maximum Gasteiger partial charge on any atom is 0.123 e. The van der Waals surface area contributed by atoms with Crippen molar-refractivity contribution in [1.82, 2.24) is 0 Å². The van der Waals surface area contributed by atoms with Crippen LogP contribution in [0.2, 0.25) is 0 Å². The molecule has 0 N–H and O–H groups in total. The third kappa shape index (κ3) is 5.10. The monoisotopic (exact) mass is 506 g/mol. The van der Waals surface area contributed by atoms with Crippen molar-refractivity contribution in [3.63, 3.8) is 0 Å². The molecular formula is C36H42O2. The Bertz CT molecular complexity index is 1370. The topological polar surface area (TPSA) is 18.5 Å². The van der Waals surface area contributed by atoms with E-state index in [-0.39, 0.29) is 5.60 Å². The Balaban J connectivity index is 0.000000786. The lowest BCUT2D eigenvalue weighted by atomic mass is 9.67. The minimum absolute atomic E-state index is 0.246. The van der Waals surface area contributed by atoms with Gasteiger partial charge in [-0.15, -0.1) is 0 Å². The molecule has 0 saturated heterocycles. The van der Waals surface area contributed by atoms with E-state index in [9.17, 15) is 0 Å². The fourth-order valence-electron chi connectivity index (χ4n) is 5.46. The molecule has 1 aliphatic rings. The number of benzene rings is 4. The first kappa shape index (κ1) is 27.5. The van der Waals surface area contributed by atoms with Crippen molar-refractivity contribution >= 4 is 0 Å². The molecule has 0 saturated carbocycles. The number of methoxy groups -OCH3 is 1. The van der Waals surface area contributed by atoms with Crippen LogP contribution in [0.25, 0.3) is 11.1 Å². The van der Waals surface area contributed by atoms with Crippen LogP contribution in [-0.4, -0.2) is 12.7 Å². The molecule has 0 fully saturated rings. The van der Waals surface area contributed by atoms with Crippen molar-refractivity contribution in [2.45, 2.75) is 66.4 Å². The highest BCUT2D eigenvalue weighted by atomic mass is 16.5. The summed E-state index contributed by atoms with van der Waals surface area (Å²) < 4.78 is 11.9. The van der Waals surface area contributed by atoms with Gasteiger partial charge in [0.15, 0.2) is 0 Å². The summed E-state index contributed by atoms with van der Waals surface area (Å²) in [6, 6.07) is 30.9. The second-order valence-corrected chi connectivity index (χ2v) is 12.0. The van der Waals surface area contributed by atoms with Crippen molar-refractivity contribution in [3.05, 3.63) is 118 Å². The zero-order valence-corrected chi connectivity index (χ0v) is 24.5. The van der Waals surface area contributed by atoms with E-state index in [2.05, 4.69) is 140 Å². The normalized spacial score (nSPS) is 13.3. The maximum absolute atomic E-state index is 6.26. The van der Waals surface area contributed by atoms with Crippen LogP contribution in [0.3, 0.4) is 0 Å². The first-order chi connectivity index (χ1) is 18.0. The quantitative estimate of drug-likeness (QED) is 0.242. The summed E-state index contributed by atoms with van der Waals surface area (Å²) in [6.45, 7) is 17.0. The Labute approximate surface area is 229 Å². The van der Waals surface area contributed by atoms with Gasteiger partial charge in [0.25, 0.3) is 0 Å². The Morgan fingerprint density at radius 1 is 0.632 bits per heavy atom. The zero-order chi connectivity index (χ0) is 27.7. The highest BCUT2D eigenvalue weighted by Gasteiger charge is 2.46. The van der Waals surface area contributed by atoms with Crippen molar-refractivity contribution in [2.75, 3.05) is 7.11 Å². The summed E-state index contributed by atoms with van der Waals surface area (Å²) in [7, 11) is 1.73. The minimum atomic E-state index is -0.421. The van der Waals surface area contributed by atoms with Gasteiger partial charge in [0.05, 0.1) is 12.5 Å². The van der Waals surface area contributed by atoms with E-state index in [0.29, 0.717) is 0 Å². The van der Waals surface area contributed by atoms with Crippen LogP contribution >= 0.6 is 0 Å². The summed E-state index contributed by atoms with van der Waals surface area (Å²) in [5.74, 6) is 2.67. The summed E-state index contributed by atoms with van der Waals surface area (Å²) >= 11 is 0. The van der Waals surface area contributed by atoms with Gasteiger partial charge in [0, 0.05) is 0 Å². The van der Waals surface area contributed by atoms with Crippen LogP contribution in [-0.2, 0) is 5.41 Å². The summed E-state index contributed by atoms with van der Waals surface area (Å²) in [4.78, 5) is 0. The molecule has 0 unspecified atom stereocenters. The molecule has 0 bridgehead atoms. The zero-order valence-electron chi connectivity index (χ0n) is 24.5. The molecule has 0 aliphatic heterocycles. The van der Waals surface area contributed by atoms with E-state index in [1.807, 2.05) is 0 Å². The second-order valence-electron chi connectivity index (χ2n) is 12.0. The fraction of sp³-hybridized carbons (Fsp3) is 0.333. The number of hydrogen-bond acceptors (Lipinski definition) is 2. The van der Waals surface area contributed by atoms with Crippen molar-refractivity contribution in [1.29, 1.82) is 0 Å². The van der Waals surface area contributed by atoms with Gasteiger partial charge in [-0.1, -0.05) is 93.6 Å². The summed E-state index contributed by atoms with van der Waals surface area (Å²) in [5, 5.41) is 0. The standard InChI is InChI=1S/C32H32O2.C4H10/c1-21-19-23(15-17-29(21)33-6)32(24-16-18-30(22(2)20-24)34-31(3,4)5)27-13-9-7-11-25(27)26-12-8-10-14-28(26)32;1-4(2)3/h7-20H,1-6H3;4H,1-3H3. The third-order valence-electron chi connectivity index (χ3n) is 6.80. The molecule has 2 heteroatoms. The molecule has 38 heavy (non-hydrogen) atoms. The van der Waals surface area contributed by atoms with Gasteiger partial charge in [-0.25, -0.2) is 0 Å². The van der Waals surface area contributed by atoms with E-state index in [0.717, 1.165) is 28.5 Å². The van der Waals surface area contributed by atoms with E-state index >= 15 is 0 Å². The van der Waals surface area contributed by atoms with Gasteiger partial charge in [-0.3, -0.25) is 0 Å². The van der Waals surface area contributed by atoms with Gasteiger partial charge in [-0.05, 0) is 97.2 Å². The van der Waals surface area contributed by atoms with Gasteiger partial charge < -0.3 is 9.47 Å².